The van der Waals surface area contributed by atoms with E-state index in [1.807, 2.05) is 29.1 Å². The summed E-state index contributed by atoms with van der Waals surface area (Å²) in [6.45, 7) is 0.879. The summed E-state index contributed by atoms with van der Waals surface area (Å²) in [5, 5.41) is 8.18. The molecule has 0 aliphatic heterocycles. The standard InChI is InChI=1S/C15H19N3/c1-2-8-15(9-3-1)18-11-10-14(17-18)12-16-13-6-4-5-7-13/h1-3,8-11,13,16H,4-7,12H2. The Bertz CT molecular complexity index is 483. The second kappa shape index (κ2) is 5.36. The molecule has 0 spiro atoms. The fourth-order valence-corrected chi connectivity index (χ4v) is 2.56. The molecule has 2 aromatic rings. The Labute approximate surface area is 108 Å². The van der Waals surface area contributed by atoms with Crippen LogP contribution in [0, 0.1) is 0 Å². The van der Waals surface area contributed by atoms with E-state index in [-0.39, 0.29) is 0 Å². The molecule has 0 saturated heterocycles. The number of rotatable bonds is 4. The predicted octanol–water partition coefficient (Wildman–Crippen LogP) is 2.90. The molecule has 3 nitrogen and oxygen atoms in total. The molecule has 94 valence electrons. The van der Waals surface area contributed by atoms with E-state index in [0.29, 0.717) is 6.04 Å². The zero-order valence-corrected chi connectivity index (χ0v) is 10.5. The number of aromatic nitrogens is 2. The van der Waals surface area contributed by atoms with Gasteiger partial charge in [0.15, 0.2) is 0 Å². The third-order valence-corrected chi connectivity index (χ3v) is 3.59. The number of benzene rings is 1. The Morgan fingerprint density at radius 1 is 1.11 bits per heavy atom. The van der Waals surface area contributed by atoms with Gasteiger partial charge >= 0.3 is 0 Å². The molecule has 18 heavy (non-hydrogen) atoms. The maximum atomic E-state index is 4.60. The summed E-state index contributed by atoms with van der Waals surface area (Å²) >= 11 is 0. The van der Waals surface area contributed by atoms with Crippen LogP contribution < -0.4 is 5.32 Å². The topological polar surface area (TPSA) is 29.9 Å². The molecule has 1 aromatic heterocycles. The number of hydrogen-bond acceptors (Lipinski definition) is 2. The first-order valence-corrected chi connectivity index (χ1v) is 6.75. The number of nitrogens with zero attached hydrogens (tertiary/aromatic N) is 2. The molecule has 0 amide bonds. The molecular formula is C15H19N3. The lowest BCUT2D eigenvalue weighted by Crippen LogP contribution is -2.25. The molecule has 0 unspecified atom stereocenters. The molecule has 1 heterocycles. The molecule has 1 aliphatic rings. The molecule has 1 saturated carbocycles. The molecule has 1 N–H and O–H groups in total. The SMILES string of the molecule is c1ccc(-n2ccc(CNC3CCCC3)n2)cc1. The summed E-state index contributed by atoms with van der Waals surface area (Å²) in [5.74, 6) is 0. The molecule has 3 heteroatoms. The molecule has 0 atom stereocenters. The molecular weight excluding hydrogens is 222 g/mol. The van der Waals surface area contributed by atoms with Crippen molar-refractivity contribution in [2.45, 2.75) is 38.3 Å². The average molecular weight is 241 g/mol. The number of hydrogen-bond donors (Lipinski definition) is 1. The van der Waals surface area contributed by atoms with Crippen LogP contribution in [-0.4, -0.2) is 15.8 Å². The van der Waals surface area contributed by atoms with E-state index in [2.05, 4.69) is 28.6 Å². The van der Waals surface area contributed by atoms with Crippen LogP contribution in [0.15, 0.2) is 42.6 Å². The summed E-state index contributed by atoms with van der Waals surface area (Å²) in [6.07, 6.45) is 7.41. The van der Waals surface area contributed by atoms with Crippen molar-refractivity contribution < 1.29 is 0 Å². The second-order valence-corrected chi connectivity index (χ2v) is 4.95. The lowest BCUT2D eigenvalue weighted by molar-refractivity contribution is 0.517. The van der Waals surface area contributed by atoms with Crippen LogP contribution >= 0.6 is 0 Å². The van der Waals surface area contributed by atoms with Gasteiger partial charge in [0.2, 0.25) is 0 Å². The quantitative estimate of drug-likeness (QED) is 0.892. The van der Waals surface area contributed by atoms with Crippen molar-refractivity contribution in [1.82, 2.24) is 15.1 Å². The predicted molar refractivity (Wildman–Crippen MR) is 72.7 cm³/mol. The number of nitrogens with one attached hydrogen (secondary N) is 1. The van der Waals surface area contributed by atoms with E-state index in [0.717, 1.165) is 17.9 Å². The van der Waals surface area contributed by atoms with Gasteiger partial charge in [-0.2, -0.15) is 5.10 Å². The van der Waals surface area contributed by atoms with Crippen LogP contribution in [0.5, 0.6) is 0 Å². The second-order valence-electron chi connectivity index (χ2n) is 4.95. The summed E-state index contributed by atoms with van der Waals surface area (Å²) in [6, 6.07) is 13.0. The van der Waals surface area contributed by atoms with Gasteiger partial charge in [0.25, 0.3) is 0 Å². The first-order chi connectivity index (χ1) is 8.92. The van der Waals surface area contributed by atoms with Gasteiger partial charge in [-0.25, -0.2) is 4.68 Å². The van der Waals surface area contributed by atoms with Crippen molar-refractivity contribution in [2.24, 2.45) is 0 Å². The van der Waals surface area contributed by atoms with Gasteiger partial charge in [0.05, 0.1) is 11.4 Å². The van der Waals surface area contributed by atoms with Crippen LogP contribution in [0.25, 0.3) is 5.69 Å². The summed E-state index contributed by atoms with van der Waals surface area (Å²) in [4.78, 5) is 0. The first kappa shape index (κ1) is 11.5. The third kappa shape index (κ3) is 2.62. The smallest absolute Gasteiger partial charge is 0.0766 e. The minimum absolute atomic E-state index is 0.701. The van der Waals surface area contributed by atoms with Crippen molar-refractivity contribution in [3.8, 4) is 5.69 Å². The molecule has 0 radical (unpaired) electrons. The highest BCUT2D eigenvalue weighted by Crippen LogP contribution is 2.18. The molecule has 0 bridgehead atoms. The average Bonchev–Trinajstić information content (AvgIpc) is 3.09. The third-order valence-electron chi connectivity index (χ3n) is 3.59. The van der Waals surface area contributed by atoms with E-state index in [4.69, 9.17) is 0 Å². The van der Waals surface area contributed by atoms with E-state index < -0.39 is 0 Å². The normalized spacial score (nSPS) is 16.2. The fourth-order valence-electron chi connectivity index (χ4n) is 2.56. The molecule has 3 rings (SSSR count). The Hall–Kier alpha value is -1.61. The zero-order chi connectivity index (χ0) is 12.2. The first-order valence-electron chi connectivity index (χ1n) is 6.75. The van der Waals surface area contributed by atoms with Crippen molar-refractivity contribution in [2.75, 3.05) is 0 Å². The minimum Gasteiger partial charge on any atom is -0.308 e. The van der Waals surface area contributed by atoms with Gasteiger partial charge in [0.1, 0.15) is 0 Å². The van der Waals surface area contributed by atoms with Gasteiger partial charge < -0.3 is 5.32 Å². The zero-order valence-electron chi connectivity index (χ0n) is 10.5. The van der Waals surface area contributed by atoms with Gasteiger partial charge in [-0.05, 0) is 31.0 Å². The maximum Gasteiger partial charge on any atom is 0.0766 e. The number of para-hydroxylation sites is 1. The lowest BCUT2D eigenvalue weighted by Gasteiger charge is -2.09. The van der Waals surface area contributed by atoms with Gasteiger partial charge in [-0.3, -0.25) is 0 Å². The van der Waals surface area contributed by atoms with Gasteiger partial charge in [0, 0.05) is 18.8 Å². The van der Waals surface area contributed by atoms with Crippen LogP contribution in [0.3, 0.4) is 0 Å². The van der Waals surface area contributed by atoms with Crippen LogP contribution in [-0.2, 0) is 6.54 Å². The Kier molecular flexibility index (Phi) is 3.42. The Balaban J connectivity index is 1.63. The van der Waals surface area contributed by atoms with Crippen molar-refractivity contribution >= 4 is 0 Å². The monoisotopic (exact) mass is 241 g/mol. The Morgan fingerprint density at radius 3 is 2.67 bits per heavy atom. The summed E-state index contributed by atoms with van der Waals surface area (Å²) in [7, 11) is 0. The molecule has 1 fully saturated rings. The van der Waals surface area contributed by atoms with Crippen molar-refractivity contribution in [1.29, 1.82) is 0 Å². The van der Waals surface area contributed by atoms with E-state index in [9.17, 15) is 0 Å². The van der Waals surface area contributed by atoms with E-state index in [1.165, 1.54) is 25.7 Å². The van der Waals surface area contributed by atoms with Crippen LogP contribution in [0.4, 0.5) is 0 Å². The van der Waals surface area contributed by atoms with E-state index >= 15 is 0 Å². The maximum absolute atomic E-state index is 4.60. The highest BCUT2D eigenvalue weighted by atomic mass is 15.3. The highest BCUT2D eigenvalue weighted by Gasteiger charge is 2.14. The van der Waals surface area contributed by atoms with Crippen LogP contribution in [0.2, 0.25) is 0 Å². The highest BCUT2D eigenvalue weighted by molar-refractivity contribution is 5.30. The fraction of sp³-hybridized carbons (Fsp3) is 0.400. The minimum atomic E-state index is 0.701. The summed E-state index contributed by atoms with van der Waals surface area (Å²) < 4.78 is 1.94. The molecule has 1 aromatic carbocycles. The lowest BCUT2D eigenvalue weighted by atomic mass is 10.2. The van der Waals surface area contributed by atoms with Crippen LogP contribution in [0.1, 0.15) is 31.4 Å². The van der Waals surface area contributed by atoms with Gasteiger partial charge in [-0.15, -0.1) is 0 Å². The largest absolute Gasteiger partial charge is 0.308 e. The summed E-state index contributed by atoms with van der Waals surface area (Å²) in [5.41, 5.74) is 2.23. The van der Waals surface area contributed by atoms with Crippen molar-refractivity contribution in [3.05, 3.63) is 48.3 Å². The molecule has 1 aliphatic carbocycles. The Morgan fingerprint density at radius 2 is 1.89 bits per heavy atom. The van der Waals surface area contributed by atoms with Gasteiger partial charge in [-0.1, -0.05) is 31.0 Å². The van der Waals surface area contributed by atoms with E-state index in [1.54, 1.807) is 0 Å². The van der Waals surface area contributed by atoms with Crippen molar-refractivity contribution in [3.63, 3.8) is 0 Å².